The van der Waals surface area contributed by atoms with Crippen molar-refractivity contribution < 1.29 is 37.9 Å². The fraction of sp³-hybridized carbons (Fsp3) is 0.636. The minimum atomic E-state index is -4.78. The lowest BCUT2D eigenvalue weighted by molar-refractivity contribution is -0.161. The first kappa shape index (κ1) is 50.2. The lowest BCUT2D eigenvalue weighted by atomic mass is 10.1. The summed E-state index contributed by atoms with van der Waals surface area (Å²) in [5.74, 6) is -0.999. The van der Waals surface area contributed by atoms with Crippen LogP contribution in [0.4, 0.5) is 0 Å². The molecule has 0 unspecified atom stereocenters. The van der Waals surface area contributed by atoms with Crippen LogP contribution in [0.5, 0.6) is 0 Å². The number of hydrogen-bond donors (Lipinski definition) is 2. The molecule has 0 fully saturated rings. The average molecular weight is 761 g/mol. The first-order valence-electron chi connectivity index (χ1n) is 20.4. The maximum absolute atomic E-state index is 12.4. The van der Waals surface area contributed by atoms with Gasteiger partial charge in [0.05, 0.1) is 6.61 Å². The summed E-state index contributed by atoms with van der Waals surface area (Å²) in [7, 11) is -4.78. The van der Waals surface area contributed by atoms with Crippen LogP contribution < -0.4 is 0 Å². The van der Waals surface area contributed by atoms with Gasteiger partial charge in [0, 0.05) is 12.8 Å². The predicted octanol–water partition coefficient (Wildman–Crippen LogP) is 12.5. The van der Waals surface area contributed by atoms with Crippen LogP contribution in [-0.4, -0.2) is 41.0 Å². The van der Waals surface area contributed by atoms with Crippen LogP contribution in [0.2, 0.25) is 0 Å². The van der Waals surface area contributed by atoms with Crippen molar-refractivity contribution in [2.45, 2.75) is 168 Å². The number of ether oxygens (including phenoxy) is 2. The van der Waals surface area contributed by atoms with E-state index in [2.05, 4.69) is 91.3 Å². The number of phosphoric acid groups is 1. The monoisotopic (exact) mass is 761 g/mol. The second kappa shape index (κ2) is 38.9. The van der Waals surface area contributed by atoms with E-state index in [0.29, 0.717) is 12.8 Å². The molecule has 0 aliphatic carbocycles. The largest absolute Gasteiger partial charge is 0.469 e. The molecule has 0 amide bonds. The van der Waals surface area contributed by atoms with Crippen molar-refractivity contribution >= 4 is 19.8 Å². The van der Waals surface area contributed by atoms with Gasteiger partial charge >= 0.3 is 19.8 Å². The number of carbonyl (C=O) groups excluding carboxylic acids is 2. The molecule has 9 heteroatoms. The molecule has 0 aromatic rings. The van der Waals surface area contributed by atoms with Crippen molar-refractivity contribution in [1.29, 1.82) is 0 Å². The molecular formula is C44H73O8P. The Morgan fingerprint density at radius 1 is 0.509 bits per heavy atom. The highest BCUT2D eigenvalue weighted by molar-refractivity contribution is 7.46. The minimum Gasteiger partial charge on any atom is -0.462 e. The SMILES string of the molecule is CC/C=C\C/C=C\C/C=C\C/C=C\C/C=C\C/C=C\CCC(=O)OC[C@H](COP(=O)(O)O)OC(=O)CCCCCCC/C=C\CCCCCCCCC. The topological polar surface area (TPSA) is 119 Å². The number of rotatable bonds is 36. The second-order valence-corrected chi connectivity index (χ2v) is 14.5. The first-order valence-corrected chi connectivity index (χ1v) is 21.9. The molecule has 0 saturated heterocycles. The van der Waals surface area contributed by atoms with Crippen molar-refractivity contribution in [2.75, 3.05) is 13.2 Å². The van der Waals surface area contributed by atoms with E-state index in [-0.39, 0.29) is 19.4 Å². The zero-order valence-electron chi connectivity index (χ0n) is 33.1. The lowest BCUT2D eigenvalue weighted by Crippen LogP contribution is -2.29. The fourth-order valence-electron chi connectivity index (χ4n) is 5.16. The summed E-state index contributed by atoms with van der Waals surface area (Å²) in [4.78, 5) is 42.8. The van der Waals surface area contributed by atoms with E-state index in [1.165, 1.54) is 51.4 Å². The van der Waals surface area contributed by atoms with Gasteiger partial charge in [0.2, 0.25) is 0 Å². The third kappa shape index (κ3) is 41.8. The first-order chi connectivity index (χ1) is 25.8. The summed E-state index contributed by atoms with van der Waals surface area (Å²) < 4.78 is 26.3. The number of unbranched alkanes of at least 4 members (excludes halogenated alkanes) is 12. The molecule has 0 rings (SSSR count). The van der Waals surface area contributed by atoms with Crippen LogP contribution in [0.1, 0.15) is 162 Å². The standard InChI is InChI=1S/C44H73O8P/c1-3-5-7-9-11-13-15-17-19-21-22-23-25-26-28-30-32-34-36-38-43(45)50-40-42(41-51-53(47,48)49)52-44(46)39-37-35-33-31-29-27-24-20-18-16-14-12-10-8-6-4-2/h5,7,11,13,17,19-20,22-24,26,28,32,34,42H,3-4,6,8-10,12,14-16,18,21,25,27,29-31,33,35-41H2,1-2H3,(H2,47,48,49)/b7-5-,13-11-,19-17-,23-22-,24-20-,28-26-,34-32-/t42-/m1/s1. The van der Waals surface area contributed by atoms with Gasteiger partial charge in [0.25, 0.3) is 0 Å². The lowest BCUT2D eigenvalue weighted by Gasteiger charge is -2.18. The minimum absolute atomic E-state index is 0.136. The zero-order chi connectivity index (χ0) is 38.9. The molecule has 0 aliphatic heterocycles. The third-order valence-corrected chi connectivity index (χ3v) is 8.65. The maximum Gasteiger partial charge on any atom is 0.469 e. The maximum atomic E-state index is 12.4. The van der Waals surface area contributed by atoms with Gasteiger partial charge < -0.3 is 19.3 Å². The van der Waals surface area contributed by atoms with Gasteiger partial charge in [-0.15, -0.1) is 0 Å². The summed E-state index contributed by atoms with van der Waals surface area (Å²) in [6, 6.07) is 0. The van der Waals surface area contributed by atoms with Gasteiger partial charge in [-0.2, -0.15) is 0 Å². The molecule has 1 atom stereocenters. The van der Waals surface area contributed by atoms with Gasteiger partial charge in [0.1, 0.15) is 6.61 Å². The quantitative estimate of drug-likeness (QED) is 0.0280. The molecule has 0 saturated carbocycles. The average Bonchev–Trinajstić information content (AvgIpc) is 3.13. The van der Waals surface area contributed by atoms with Crippen LogP contribution in [0.3, 0.4) is 0 Å². The van der Waals surface area contributed by atoms with E-state index in [1.54, 1.807) is 0 Å². The normalized spacial score (nSPS) is 13.4. The second-order valence-electron chi connectivity index (χ2n) is 13.2. The Bertz CT molecular complexity index is 1130. The fourth-order valence-corrected chi connectivity index (χ4v) is 5.52. The predicted molar refractivity (Wildman–Crippen MR) is 220 cm³/mol. The molecule has 0 aromatic heterocycles. The molecule has 0 aromatic carbocycles. The van der Waals surface area contributed by atoms with Gasteiger partial charge in [-0.1, -0.05) is 157 Å². The summed E-state index contributed by atoms with van der Waals surface area (Å²) in [6.07, 6.45) is 51.7. The Balaban J connectivity index is 4.09. The number of carbonyl (C=O) groups is 2. The highest BCUT2D eigenvalue weighted by atomic mass is 31.2. The van der Waals surface area contributed by atoms with Gasteiger partial charge in [-0.05, 0) is 77.0 Å². The highest BCUT2D eigenvalue weighted by Gasteiger charge is 2.22. The number of allylic oxidation sites excluding steroid dienone is 14. The highest BCUT2D eigenvalue weighted by Crippen LogP contribution is 2.36. The Morgan fingerprint density at radius 3 is 1.43 bits per heavy atom. The van der Waals surface area contributed by atoms with Crippen LogP contribution in [0, 0.1) is 0 Å². The molecule has 0 aliphatic rings. The van der Waals surface area contributed by atoms with E-state index < -0.39 is 32.5 Å². The van der Waals surface area contributed by atoms with Crippen molar-refractivity contribution in [3.05, 3.63) is 85.1 Å². The zero-order valence-corrected chi connectivity index (χ0v) is 34.0. The van der Waals surface area contributed by atoms with Crippen molar-refractivity contribution in [3.8, 4) is 0 Å². The molecule has 302 valence electrons. The van der Waals surface area contributed by atoms with E-state index in [9.17, 15) is 14.2 Å². The Kier molecular flexibility index (Phi) is 36.9. The molecule has 53 heavy (non-hydrogen) atoms. The molecule has 0 heterocycles. The smallest absolute Gasteiger partial charge is 0.462 e. The third-order valence-electron chi connectivity index (χ3n) is 8.16. The molecular weight excluding hydrogens is 687 g/mol. The van der Waals surface area contributed by atoms with E-state index in [4.69, 9.17) is 19.3 Å². The van der Waals surface area contributed by atoms with Gasteiger partial charge in [-0.3, -0.25) is 14.1 Å². The van der Waals surface area contributed by atoms with Crippen LogP contribution in [0.25, 0.3) is 0 Å². The summed E-state index contributed by atoms with van der Waals surface area (Å²) in [5, 5.41) is 0. The summed E-state index contributed by atoms with van der Waals surface area (Å²) in [6.45, 7) is 3.48. The molecule has 2 N–H and O–H groups in total. The molecule has 0 bridgehead atoms. The molecule has 0 spiro atoms. The van der Waals surface area contributed by atoms with Crippen LogP contribution in [-0.2, 0) is 28.2 Å². The van der Waals surface area contributed by atoms with Crippen LogP contribution >= 0.6 is 7.82 Å². The Morgan fingerprint density at radius 2 is 0.943 bits per heavy atom. The number of phosphoric ester groups is 1. The van der Waals surface area contributed by atoms with Gasteiger partial charge in [0.15, 0.2) is 6.10 Å². The van der Waals surface area contributed by atoms with Gasteiger partial charge in [-0.25, -0.2) is 4.57 Å². The summed E-state index contributed by atoms with van der Waals surface area (Å²) >= 11 is 0. The molecule has 0 radical (unpaired) electrons. The van der Waals surface area contributed by atoms with E-state index in [1.807, 2.05) is 12.2 Å². The van der Waals surface area contributed by atoms with Crippen molar-refractivity contribution in [3.63, 3.8) is 0 Å². The number of hydrogen-bond acceptors (Lipinski definition) is 6. The van der Waals surface area contributed by atoms with E-state index in [0.717, 1.165) is 70.6 Å². The van der Waals surface area contributed by atoms with E-state index >= 15 is 0 Å². The van der Waals surface area contributed by atoms with Crippen molar-refractivity contribution in [2.24, 2.45) is 0 Å². The van der Waals surface area contributed by atoms with Crippen molar-refractivity contribution in [1.82, 2.24) is 0 Å². The number of esters is 2. The summed E-state index contributed by atoms with van der Waals surface area (Å²) in [5.41, 5.74) is 0. The van der Waals surface area contributed by atoms with Crippen LogP contribution in [0.15, 0.2) is 85.1 Å². The Hall–Kier alpha value is -2.77. The Labute approximate surface area is 322 Å². The molecule has 8 nitrogen and oxygen atoms in total.